The van der Waals surface area contributed by atoms with E-state index >= 15 is 0 Å². The molecule has 3 rings (SSSR count). The van der Waals surface area contributed by atoms with E-state index in [9.17, 15) is 0 Å². The van der Waals surface area contributed by atoms with Crippen LogP contribution in [0.5, 0.6) is 0 Å². The van der Waals surface area contributed by atoms with E-state index in [1.165, 1.54) is 24.0 Å². The first-order valence-corrected chi connectivity index (χ1v) is 7.88. The summed E-state index contributed by atoms with van der Waals surface area (Å²) in [5.74, 6) is 0.688. The third-order valence-corrected chi connectivity index (χ3v) is 4.69. The lowest BCUT2D eigenvalue weighted by molar-refractivity contribution is 0.190. The molecular formula is C19H24N2. The Labute approximate surface area is 127 Å². The molecule has 0 bridgehead atoms. The first-order chi connectivity index (χ1) is 10.2. The van der Waals surface area contributed by atoms with Crippen LogP contribution in [0.15, 0.2) is 54.9 Å². The largest absolute Gasteiger partial charge is 0.314 e. The third-order valence-electron chi connectivity index (χ3n) is 4.69. The molecule has 2 nitrogen and oxygen atoms in total. The van der Waals surface area contributed by atoms with Gasteiger partial charge in [-0.15, -0.1) is 0 Å². The zero-order chi connectivity index (χ0) is 14.7. The van der Waals surface area contributed by atoms with Crippen LogP contribution in [0.4, 0.5) is 0 Å². The van der Waals surface area contributed by atoms with Crippen molar-refractivity contribution >= 4 is 0 Å². The fraction of sp³-hybridized carbons (Fsp3) is 0.421. The highest BCUT2D eigenvalue weighted by molar-refractivity contribution is 5.34. The van der Waals surface area contributed by atoms with E-state index in [2.05, 4.69) is 66.6 Å². The number of nitrogens with one attached hydrogen (secondary N) is 1. The van der Waals surface area contributed by atoms with Crippen LogP contribution in [0, 0.1) is 0 Å². The maximum atomic E-state index is 4.17. The lowest BCUT2D eigenvalue weighted by atomic mass is 9.57. The normalized spacial score (nSPS) is 24.8. The highest BCUT2D eigenvalue weighted by atomic mass is 14.9. The van der Waals surface area contributed by atoms with Crippen molar-refractivity contribution in [2.24, 2.45) is 0 Å². The zero-order valence-corrected chi connectivity index (χ0v) is 12.9. The van der Waals surface area contributed by atoms with Crippen LogP contribution in [0.1, 0.15) is 43.7 Å². The van der Waals surface area contributed by atoms with Gasteiger partial charge in [-0.1, -0.05) is 44.2 Å². The number of hydrogen-bond donors (Lipinski definition) is 1. The van der Waals surface area contributed by atoms with Crippen LogP contribution in [0.25, 0.3) is 0 Å². The number of rotatable bonds is 5. The fourth-order valence-electron chi connectivity index (χ4n) is 3.43. The van der Waals surface area contributed by atoms with E-state index in [4.69, 9.17) is 0 Å². The first kappa shape index (κ1) is 14.3. The Balaban J connectivity index is 1.78. The smallest absolute Gasteiger partial charge is 0.0270 e. The molecule has 1 saturated carbocycles. The van der Waals surface area contributed by atoms with Gasteiger partial charge < -0.3 is 5.32 Å². The third kappa shape index (κ3) is 3.01. The predicted molar refractivity (Wildman–Crippen MR) is 87.5 cm³/mol. The quantitative estimate of drug-likeness (QED) is 0.898. The van der Waals surface area contributed by atoms with Crippen LogP contribution in [-0.2, 0) is 5.41 Å². The SMILES string of the molecule is CC(C)NCC1(c2ccncc2)CC(c2ccccc2)C1. The average molecular weight is 280 g/mol. The van der Waals surface area contributed by atoms with Gasteiger partial charge in [0.15, 0.2) is 0 Å². The molecule has 1 heterocycles. The number of nitrogens with zero attached hydrogens (tertiary/aromatic N) is 1. The summed E-state index contributed by atoms with van der Waals surface area (Å²) in [5.41, 5.74) is 3.18. The molecule has 0 radical (unpaired) electrons. The van der Waals surface area contributed by atoms with Gasteiger partial charge in [0.2, 0.25) is 0 Å². The van der Waals surface area contributed by atoms with E-state index in [0.717, 1.165) is 6.54 Å². The summed E-state index contributed by atoms with van der Waals surface area (Å²) in [5, 5.41) is 3.64. The van der Waals surface area contributed by atoms with Crippen LogP contribution in [-0.4, -0.2) is 17.6 Å². The van der Waals surface area contributed by atoms with Gasteiger partial charge in [0, 0.05) is 30.4 Å². The van der Waals surface area contributed by atoms with Crippen molar-refractivity contribution in [1.29, 1.82) is 0 Å². The van der Waals surface area contributed by atoms with Crippen LogP contribution in [0.2, 0.25) is 0 Å². The number of pyridine rings is 1. The van der Waals surface area contributed by atoms with Gasteiger partial charge in [-0.25, -0.2) is 0 Å². The molecular weight excluding hydrogens is 256 g/mol. The van der Waals surface area contributed by atoms with Gasteiger partial charge in [0.25, 0.3) is 0 Å². The zero-order valence-electron chi connectivity index (χ0n) is 12.9. The topological polar surface area (TPSA) is 24.9 Å². The molecule has 1 fully saturated rings. The fourth-order valence-corrected chi connectivity index (χ4v) is 3.43. The molecule has 1 aromatic heterocycles. The minimum Gasteiger partial charge on any atom is -0.314 e. The van der Waals surface area contributed by atoms with Crippen molar-refractivity contribution in [3.8, 4) is 0 Å². The molecule has 1 N–H and O–H groups in total. The van der Waals surface area contributed by atoms with Gasteiger partial charge in [-0.05, 0) is 42.0 Å². The second-order valence-electron chi connectivity index (χ2n) is 6.57. The van der Waals surface area contributed by atoms with Crippen LogP contribution >= 0.6 is 0 Å². The molecule has 1 aliphatic rings. The van der Waals surface area contributed by atoms with Crippen molar-refractivity contribution < 1.29 is 0 Å². The molecule has 1 aromatic carbocycles. The van der Waals surface area contributed by atoms with E-state index in [0.29, 0.717) is 12.0 Å². The van der Waals surface area contributed by atoms with E-state index in [-0.39, 0.29) is 5.41 Å². The van der Waals surface area contributed by atoms with Crippen molar-refractivity contribution in [3.05, 3.63) is 66.0 Å². The summed E-state index contributed by atoms with van der Waals surface area (Å²) in [6.45, 7) is 5.49. The number of aromatic nitrogens is 1. The van der Waals surface area contributed by atoms with Crippen molar-refractivity contribution in [2.45, 2.75) is 44.1 Å². The molecule has 0 spiro atoms. The second kappa shape index (κ2) is 5.98. The number of hydrogen-bond acceptors (Lipinski definition) is 2. The highest BCUT2D eigenvalue weighted by Crippen LogP contribution is 2.52. The van der Waals surface area contributed by atoms with Crippen LogP contribution in [0.3, 0.4) is 0 Å². The number of benzene rings is 1. The Morgan fingerprint density at radius 1 is 1.10 bits per heavy atom. The van der Waals surface area contributed by atoms with Gasteiger partial charge in [-0.3, -0.25) is 4.98 Å². The molecule has 2 heteroatoms. The molecule has 0 unspecified atom stereocenters. The second-order valence-corrected chi connectivity index (χ2v) is 6.57. The average Bonchev–Trinajstić information content (AvgIpc) is 2.48. The maximum absolute atomic E-state index is 4.17. The Morgan fingerprint density at radius 2 is 1.76 bits per heavy atom. The summed E-state index contributed by atoms with van der Waals surface area (Å²) in [6, 6.07) is 15.8. The minimum absolute atomic E-state index is 0.272. The summed E-state index contributed by atoms with van der Waals surface area (Å²) in [4.78, 5) is 4.17. The lowest BCUT2D eigenvalue weighted by Gasteiger charge is -2.49. The van der Waals surface area contributed by atoms with E-state index in [1.807, 2.05) is 12.4 Å². The van der Waals surface area contributed by atoms with Gasteiger partial charge in [0.05, 0.1) is 0 Å². The lowest BCUT2D eigenvalue weighted by Crippen LogP contribution is -2.49. The van der Waals surface area contributed by atoms with Crippen molar-refractivity contribution in [3.63, 3.8) is 0 Å². The molecule has 21 heavy (non-hydrogen) atoms. The van der Waals surface area contributed by atoms with E-state index < -0.39 is 0 Å². The molecule has 1 aliphatic carbocycles. The Hall–Kier alpha value is -1.67. The standard InChI is InChI=1S/C19H24N2/c1-15(2)21-14-19(18-8-10-20-11-9-18)12-17(13-19)16-6-4-3-5-7-16/h3-11,15,17,21H,12-14H2,1-2H3. The molecule has 0 atom stereocenters. The molecule has 0 amide bonds. The van der Waals surface area contributed by atoms with Gasteiger partial charge in [-0.2, -0.15) is 0 Å². The Morgan fingerprint density at radius 3 is 2.38 bits per heavy atom. The Kier molecular flexibility index (Phi) is 4.07. The van der Waals surface area contributed by atoms with E-state index in [1.54, 1.807) is 0 Å². The predicted octanol–water partition coefficient (Wildman–Crippen LogP) is 3.90. The van der Waals surface area contributed by atoms with Crippen molar-refractivity contribution in [2.75, 3.05) is 6.54 Å². The summed E-state index contributed by atoms with van der Waals surface area (Å²) >= 11 is 0. The maximum Gasteiger partial charge on any atom is 0.0270 e. The Bertz CT molecular complexity index is 557. The van der Waals surface area contributed by atoms with Gasteiger partial charge in [0.1, 0.15) is 0 Å². The minimum atomic E-state index is 0.272. The summed E-state index contributed by atoms with van der Waals surface area (Å²) in [6.07, 6.45) is 6.28. The summed E-state index contributed by atoms with van der Waals surface area (Å²) < 4.78 is 0. The highest BCUT2D eigenvalue weighted by Gasteiger charge is 2.45. The molecule has 2 aromatic rings. The van der Waals surface area contributed by atoms with Gasteiger partial charge >= 0.3 is 0 Å². The van der Waals surface area contributed by atoms with Crippen LogP contribution < -0.4 is 5.32 Å². The monoisotopic (exact) mass is 280 g/mol. The molecule has 0 aliphatic heterocycles. The molecule has 110 valence electrons. The first-order valence-electron chi connectivity index (χ1n) is 7.88. The molecule has 0 saturated heterocycles. The summed E-state index contributed by atoms with van der Waals surface area (Å²) in [7, 11) is 0. The van der Waals surface area contributed by atoms with Crippen molar-refractivity contribution in [1.82, 2.24) is 10.3 Å².